The molecule has 0 radical (unpaired) electrons. The van der Waals surface area contributed by atoms with E-state index in [9.17, 15) is 4.79 Å². The van der Waals surface area contributed by atoms with Gasteiger partial charge in [0.1, 0.15) is 12.2 Å². The molecule has 1 aromatic carbocycles. The smallest absolute Gasteiger partial charge is 0.251 e. The Bertz CT molecular complexity index is 539. The van der Waals surface area contributed by atoms with Gasteiger partial charge in [0.25, 0.3) is 5.91 Å². The summed E-state index contributed by atoms with van der Waals surface area (Å²) < 4.78 is 0.971. The molecule has 2 aromatic rings. The molecule has 6 heteroatoms. The van der Waals surface area contributed by atoms with Crippen molar-refractivity contribution < 1.29 is 4.79 Å². The van der Waals surface area contributed by atoms with Crippen molar-refractivity contribution in [1.82, 2.24) is 20.5 Å². The maximum atomic E-state index is 11.9. The van der Waals surface area contributed by atoms with Gasteiger partial charge in [0.15, 0.2) is 0 Å². The van der Waals surface area contributed by atoms with Crippen LogP contribution >= 0.6 is 15.9 Å². The first-order chi connectivity index (χ1) is 8.66. The lowest BCUT2D eigenvalue weighted by Gasteiger charge is -2.07. The molecule has 0 atom stereocenters. The van der Waals surface area contributed by atoms with E-state index in [1.807, 2.05) is 25.1 Å². The van der Waals surface area contributed by atoms with E-state index in [4.69, 9.17) is 0 Å². The van der Waals surface area contributed by atoms with Gasteiger partial charge in [-0.15, -0.1) is 0 Å². The Morgan fingerprint density at radius 3 is 3.00 bits per heavy atom. The zero-order valence-corrected chi connectivity index (χ0v) is 11.5. The first-order valence-electron chi connectivity index (χ1n) is 5.55. The third-order valence-corrected chi connectivity index (χ3v) is 3.04. The molecule has 5 nitrogen and oxygen atoms in total. The fourth-order valence-corrected chi connectivity index (χ4v) is 2.10. The molecule has 0 saturated heterocycles. The summed E-state index contributed by atoms with van der Waals surface area (Å²) >= 11 is 3.37. The molecule has 0 unspecified atom stereocenters. The Kier molecular flexibility index (Phi) is 4.09. The number of halogens is 1. The quantitative estimate of drug-likeness (QED) is 0.905. The molecule has 18 heavy (non-hydrogen) atoms. The van der Waals surface area contributed by atoms with Crippen LogP contribution in [0.15, 0.2) is 29.0 Å². The number of carbonyl (C=O) groups is 1. The van der Waals surface area contributed by atoms with E-state index in [1.54, 1.807) is 0 Å². The molecular formula is C12H13BrN4O. The van der Waals surface area contributed by atoms with E-state index in [-0.39, 0.29) is 5.91 Å². The number of amides is 1. The number of nitrogens with one attached hydrogen (secondary N) is 2. The van der Waals surface area contributed by atoms with Crippen LogP contribution in [0.2, 0.25) is 0 Å². The molecule has 0 spiro atoms. The van der Waals surface area contributed by atoms with Crippen LogP contribution in [0.5, 0.6) is 0 Å². The van der Waals surface area contributed by atoms with Gasteiger partial charge in [-0.3, -0.25) is 9.89 Å². The van der Waals surface area contributed by atoms with Gasteiger partial charge < -0.3 is 5.32 Å². The monoisotopic (exact) mass is 308 g/mol. The molecule has 0 saturated carbocycles. The number of aryl methyl sites for hydroxylation is 1. The molecule has 94 valence electrons. The van der Waals surface area contributed by atoms with Crippen LogP contribution < -0.4 is 5.32 Å². The maximum Gasteiger partial charge on any atom is 0.251 e. The summed E-state index contributed by atoms with van der Waals surface area (Å²) in [6.07, 6.45) is 2.09. The molecule has 0 bridgehead atoms. The molecule has 1 heterocycles. The second-order valence-electron chi connectivity index (χ2n) is 3.90. The van der Waals surface area contributed by atoms with Gasteiger partial charge >= 0.3 is 0 Å². The zero-order valence-electron chi connectivity index (χ0n) is 9.90. The third kappa shape index (κ3) is 3.16. The number of hydrogen-bond acceptors (Lipinski definition) is 3. The summed E-state index contributed by atoms with van der Waals surface area (Å²) in [7, 11) is 0. The van der Waals surface area contributed by atoms with E-state index >= 15 is 0 Å². The van der Waals surface area contributed by atoms with Crippen LogP contribution in [0.25, 0.3) is 0 Å². The summed E-state index contributed by atoms with van der Waals surface area (Å²) in [5, 5.41) is 9.35. The van der Waals surface area contributed by atoms with Gasteiger partial charge in [0.2, 0.25) is 0 Å². The predicted octanol–water partition coefficient (Wildman–Crippen LogP) is 1.85. The van der Waals surface area contributed by atoms with Crippen LogP contribution in [0, 0.1) is 6.92 Å². The highest BCUT2D eigenvalue weighted by Gasteiger charge is 2.08. The number of rotatable bonds is 4. The number of benzene rings is 1. The summed E-state index contributed by atoms with van der Waals surface area (Å²) in [5.41, 5.74) is 1.64. The van der Waals surface area contributed by atoms with Gasteiger partial charge in [0.05, 0.1) is 0 Å². The van der Waals surface area contributed by atoms with Crippen molar-refractivity contribution in [2.45, 2.75) is 13.3 Å². The van der Waals surface area contributed by atoms with E-state index in [0.717, 1.165) is 15.9 Å². The zero-order chi connectivity index (χ0) is 13.0. The summed E-state index contributed by atoms with van der Waals surface area (Å²) in [4.78, 5) is 15.9. The first-order valence-corrected chi connectivity index (χ1v) is 6.34. The lowest BCUT2D eigenvalue weighted by Crippen LogP contribution is -2.26. The molecule has 1 amide bonds. The number of aromatic amines is 1. The topological polar surface area (TPSA) is 70.7 Å². The number of carbonyl (C=O) groups excluding carboxylic acids is 1. The predicted molar refractivity (Wildman–Crippen MR) is 71.3 cm³/mol. The summed E-state index contributed by atoms with van der Waals surface area (Å²) in [6.45, 7) is 2.44. The average Bonchev–Trinajstić information content (AvgIpc) is 2.81. The number of nitrogens with zero attached hydrogens (tertiary/aromatic N) is 2. The van der Waals surface area contributed by atoms with Crippen molar-refractivity contribution >= 4 is 21.8 Å². The summed E-state index contributed by atoms with van der Waals surface area (Å²) in [5.74, 6) is 0.697. The molecule has 0 aliphatic heterocycles. The lowest BCUT2D eigenvalue weighted by molar-refractivity contribution is 0.0953. The van der Waals surface area contributed by atoms with Gasteiger partial charge in [0, 0.05) is 23.0 Å². The Hall–Kier alpha value is -1.69. The minimum absolute atomic E-state index is 0.0699. The third-order valence-electron chi connectivity index (χ3n) is 2.55. The summed E-state index contributed by atoms with van der Waals surface area (Å²) in [6, 6.07) is 5.59. The fourth-order valence-electron chi connectivity index (χ4n) is 1.62. The lowest BCUT2D eigenvalue weighted by atomic mass is 10.1. The number of aromatic nitrogens is 3. The minimum atomic E-state index is -0.0699. The largest absolute Gasteiger partial charge is 0.352 e. The minimum Gasteiger partial charge on any atom is -0.352 e. The van der Waals surface area contributed by atoms with Gasteiger partial charge in [-0.25, -0.2) is 4.98 Å². The van der Waals surface area contributed by atoms with Crippen molar-refractivity contribution in [3.8, 4) is 0 Å². The Labute approximate surface area is 113 Å². The van der Waals surface area contributed by atoms with Crippen molar-refractivity contribution in [2.24, 2.45) is 0 Å². The van der Waals surface area contributed by atoms with Gasteiger partial charge in [-0.1, -0.05) is 15.9 Å². The highest BCUT2D eigenvalue weighted by molar-refractivity contribution is 9.10. The molecule has 2 rings (SSSR count). The molecular weight excluding hydrogens is 296 g/mol. The highest BCUT2D eigenvalue weighted by Crippen LogP contribution is 2.15. The number of hydrogen-bond donors (Lipinski definition) is 2. The van der Waals surface area contributed by atoms with Crippen molar-refractivity contribution in [2.75, 3.05) is 6.54 Å². The SMILES string of the molecule is Cc1cc(Br)ccc1C(=O)NCCc1ncn[nH]1. The first kappa shape index (κ1) is 12.8. The second-order valence-corrected chi connectivity index (χ2v) is 4.81. The van der Waals surface area contributed by atoms with Crippen LogP contribution in [0.3, 0.4) is 0 Å². The average molecular weight is 309 g/mol. The van der Waals surface area contributed by atoms with Crippen molar-refractivity contribution in [3.63, 3.8) is 0 Å². The van der Waals surface area contributed by atoms with Crippen LogP contribution in [0.1, 0.15) is 21.7 Å². The molecule has 1 aromatic heterocycles. The van der Waals surface area contributed by atoms with Gasteiger partial charge in [-0.05, 0) is 30.7 Å². The molecule has 0 aliphatic carbocycles. The maximum absolute atomic E-state index is 11.9. The van der Waals surface area contributed by atoms with E-state index < -0.39 is 0 Å². The van der Waals surface area contributed by atoms with Crippen LogP contribution in [0.4, 0.5) is 0 Å². The molecule has 2 N–H and O–H groups in total. The van der Waals surface area contributed by atoms with Crippen LogP contribution in [-0.2, 0) is 6.42 Å². The highest BCUT2D eigenvalue weighted by atomic mass is 79.9. The molecule has 0 fully saturated rings. The normalized spacial score (nSPS) is 10.3. The van der Waals surface area contributed by atoms with Gasteiger partial charge in [-0.2, -0.15) is 5.10 Å². The fraction of sp³-hybridized carbons (Fsp3) is 0.250. The standard InChI is InChI=1S/C12H13BrN4O/c1-8-6-9(13)2-3-10(8)12(18)14-5-4-11-15-7-16-17-11/h2-3,6-7H,4-5H2,1H3,(H,14,18)(H,15,16,17). The second kappa shape index (κ2) is 5.77. The van der Waals surface area contributed by atoms with Crippen molar-refractivity contribution in [3.05, 3.63) is 46.0 Å². The van der Waals surface area contributed by atoms with Crippen LogP contribution in [-0.4, -0.2) is 27.6 Å². The number of H-pyrrole nitrogens is 1. The Morgan fingerprint density at radius 1 is 1.50 bits per heavy atom. The van der Waals surface area contributed by atoms with E-state index in [0.29, 0.717) is 18.5 Å². The Morgan fingerprint density at radius 2 is 2.33 bits per heavy atom. The van der Waals surface area contributed by atoms with E-state index in [1.165, 1.54) is 6.33 Å². The van der Waals surface area contributed by atoms with Crippen molar-refractivity contribution in [1.29, 1.82) is 0 Å². The van der Waals surface area contributed by atoms with E-state index in [2.05, 4.69) is 36.4 Å². The Balaban J connectivity index is 1.91. The molecule has 0 aliphatic rings.